The minimum absolute atomic E-state index is 0.0200. The Balaban J connectivity index is 2.49. The summed E-state index contributed by atoms with van der Waals surface area (Å²) in [6.45, 7) is 13.1. The lowest BCUT2D eigenvalue weighted by Gasteiger charge is -2.57. The van der Waals surface area contributed by atoms with Crippen molar-refractivity contribution in [3.8, 4) is 0 Å². The molecule has 0 unspecified atom stereocenters. The number of benzene rings is 1. The van der Waals surface area contributed by atoms with Crippen LogP contribution in [0.25, 0.3) is 0 Å². The van der Waals surface area contributed by atoms with E-state index < -0.39 is 5.60 Å². The summed E-state index contributed by atoms with van der Waals surface area (Å²) in [5.41, 5.74) is 2.76. The molecule has 1 aromatic carbocycles. The van der Waals surface area contributed by atoms with Crippen LogP contribution in [-0.4, -0.2) is 28.1 Å². The largest absolute Gasteiger partial charge is 0.385 e. The van der Waals surface area contributed by atoms with Gasteiger partial charge in [0.05, 0.1) is 5.60 Å². The van der Waals surface area contributed by atoms with Crippen molar-refractivity contribution < 1.29 is 5.11 Å². The number of piperidine rings is 1. The normalized spacial score (nSPS) is 24.6. The molecule has 0 saturated carbocycles. The molecule has 112 valence electrons. The van der Waals surface area contributed by atoms with Crippen molar-refractivity contribution in [1.82, 2.24) is 4.90 Å². The van der Waals surface area contributed by atoms with Gasteiger partial charge in [-0.25, -0.2) is 0 Å². The minimum atomic E-state index is -0.739. The monoisotopic (exact) mass is 275 g/mol. The molecule has 0 amide bonds. The lowest BCUT2D eigenvalue weighted by molar-refractivity contribution is -0.129. The van der Waals surface area contributed by atoms with E-state index in [0.29, 0.717) is 0 Å². The molecule has 0 aromatic heterocycles. The topological polar surface area (TPSA) is 23.5 Å². The second-order valence-electron chi connectivity index (χ2n) is 7.89. The standard InChI is InChI=1S/C18H29NO/c1-13-8-9-15(14(2)10-13)18(20)11-16(3,4)19(7)17(5,6)12-18/h8-10,20H,11-12H2,1-7H3. The van der Waals surface area contributed by atoms with Gasteiger partial charge in [-0.2, -0.15) is 0 Å². The molecule has 0 spiro atoms. The summed E-state index contributed by atoms with van der Waals surface area (Å²) < 4.78 is 0. The molecule has 1 N–H and O–H groups in total. The Morgan fingerprint density at radius 1 is 1.00 bits per heavy atom. The number of rotatable bonds is 1. The summed E-state index contributed by atoms with van der Waals surface area (Å²) >= 11 is 0. The zero-order valence-electron chi connectivity index (χ0n) is 14.0. The Morgan fingerprint density at radius 3 is 1.95 bits per heavy atom. The highest BCUT2D eigenvalue weighted by Crippen LogP contribution is 2.47. The summed E-state index contributed by atoms with van der Waals surface area (Å²) in [6, 6.07) is 6.40. The van der Waals surface area contributed by atoms with E-state index in [1.807, 2.05) is 0 Å². The Kier molecular flexibility index (Phi) is 3.55. The van der Waals surface area contributed by atoms with Crippen LogP contribution in [0.2, 0.25) is 0 Å². The zero-order valence-corrected chi connectivity index (χ0v) is 14.0. The van der Waals surface area contributed by atoms with Crippen LogP contribution in [0.3, 0.4) is 0 Å². The minimum Gasteiger partial charge on any atom is -0.385 e. The fraction of sp³-hybridized carbons (Fsp3) is 0.667. The molecule has 1 aliphatic heterocycles. The molecule has 1 aliphatic rings. The maximum Gasteiger partial charge on any atom is 0.0933 e. The average molecular weight is 275 g/mol. The lowest BCUT2D eigenvalue weighted by atomic mass is 9.68. The van der Waals surface area contributed by atoms with E-state index in [1.165, 1.54) is 11.1 Å². The van der Waals surface area contributed by atoms with Gasteiger partial charge in [-0.05, 0) is 72.6 Å². The van der Waals surface area contributed by atoms with Gasteiger partial charge in [0.2, 0.25) is 0 Å². The average Bonchev–Trinajstić information content (AvgIpc) is 2.24. The molecule has 1 aromatic rings. The highest BCUT2D eigenvalue weighted by Gasteiger charge is 2.50. The SMILES string of the molecule is Cc1ccc(C2(O)CC(C)(C)N(C)C(C)(C)C2)c(C)c1. The van der Waals surface area contributed by atoms with Crippen molar-refractivity contribution in [2.45, 2.75) is 71.1 Å². The smallest absolute Gasteiger partial charge is 0.0933 e. The van der Waals surface area contributed by atoms with Crippen LogP contribution in [0, 0.1) is 13.8 Å². The lowest BCUT2D eigenvalue weighted by Crippen LogP contribution is -2.62. The predicted molar refractivity (Wildman–Crippen MR) is 85.0 cm³/mol. The van der Waals surface area contributed by atoms with E-state index >= 15 is 0 Å². The summed E-state index contributed by atoms with van der Waals surface area (Å²) in [4.78, 5) is 2.40. The molecule has 20 heavy (non-hydrogen) atoms. The van der Waals surface area contributed by atoms with Crippen molar-refractivity contribution in [3.05, 3.63) is 34.9 Å². The Morgan fingerprint density at radius 2 is 1.50 bits per heavy atom. The second kappa shape index (κ2) is 4.57. The maximum absolute atomic E-state index is 11.4. The van der Waals surface area contributed by atoms with Crippen molar-refractivity contribution in [2.75, 3.05) is 7.05 Å². The molecule has 0 bridgehead atoms. The Hall–Kier alpha value is -0.860. The van der Waals surface area contributed by atoms with Crippen LogP contribution >= 0.6 is 0 Å². The number of aliphatic hydroxyl groups is 1. The maximum atomic E-state index is 11.4. The van der Waals surface area contributed by atoms with Crippen molar-refractivity contribution >= 4 is 0 Å². The summed E-state index contributed by atoms with van der Waals surface area (Å²) in [5, 5.41) is 11.4. The number of hydrogen-bond acceptors (Lipinski definition) is 2. The fourth-order valence-electron chi connectivity index (χ4n) is 4.08. The Labute approximate surface area is 123 Å². The fourth-order valence-corrected chi connectivity index (χ4v) is 4.08. The van der Waals surface area contributed by atoms with Gasteiger partial charge >= 0.3 is 0 Å². The van der Waals surface area contributed by atoms with Crippen LogP contribution in [0.1, 0.15) is 57.2 Å². The van der Waals surface area contributed by atoms with Crippen LogP contribution in [0.15, 0.2) is 18.2 Å². The van der Waals surface area contributed by atoms with Crippen molar-refractivity contribution in [1.29, 1.82) is 0 Å². The molecule has 2 nitrogen and oxygen atoms in total. The molecular weight excluding hydrogens is 246 g/mol. The van der Waals surface area contributed by atoms with E-state index in [-0.39, 0.29) is 11.1 Å². The number of aryl methyl sites for hydroxylation is 2. The van der Waals surface area contributed by atoms with Crippen LogP contribution in [0.5, 0.6) is 0 Å². The third-order valence-electron chi connectivity index (χ3n) is 5.15. The van der Waals surface area contributed by atoms with E-state index in [4.69, 9.17) is 0 Å². The molecule has 1 heterocycles. The molecule has 0 atom stereocenters. The van der Waals surface area contributed by atoms with Gasteiger partial charge in [-0.3, -0.25) is 4.90 Å². The number of likely N-dealkylation sites (tertiary alicyclic amines) is 1. The third-order valence-corrected chi connectivity index (χ3v) is 5.15. The van der Waals surface area contributed by atoms with E-state index in [0.717, 1.165) is 18.4 Å². The number of hydrogen-bond donors (Lipinski definition) is 1. The summed E-state index contributed by atoms with van der Waals surface area (Å²) in [5.74, 6) is 0. The molecular formula is C18H29NO. The second-order valence-corrected chi connectivity index (χ2v) is 7.89. The molecule has 2 heteroatoms. The zero-order chi connectivity index (χ0) is 15.3. The molecule has 0 radical (unpaired) electrons. The van der Waals surface area contributed by atoms with Gasteiger partial charge in [0.15, 0.2) is 0 Å². The first-order valence-electron chi connectivity index (χ1n) is 7.52. The highest BCUT2D eigenvalue weighted by molar-refractivity contribution is 5.36. The molecule has 0 aliphatic carbocycles. The van der Waals surface area contributed by atoms with Gasteiger partial charge in [-0.1, -0.05) is 23.8 Å². The highest BCUT2D eigenvalue weighted by atomic mass is 16.3. The van der Waals surface area contributed by atoms with Crippen LogP contribution < -0.4 is 0 Å². The molecule has 1 fully saturated rings. The van der Waals surface area contributed by atoms with E-state index in [2.05, 4.69) is 71.7 Å². The first-order chi connectivity index (χ1) is 8.98. The summed E-state index contributed by atoms with van der Waals surface area (Å²) in [6.07, 6.45) is 1.54. The van der Waals surface area contributed by atoms with Gasteiger partial charge in [0, 0.05) is 11.1 Å². The first kappa shape index (κ1) is 15.5. The van der Waals surface area contributed by atoms with Gasteiger partial charge < -0.3 is 5.11 Å². The van der Waals surface area contributed by atoms with Gasteiger partial charge in [0.25, 0.3) is 0 Å². The van der Waals surface area contributed by atoms with Crippen molar-refractivity contribution in [2.24, 2.45) is 0 Å². The van der Waals surface area contributed by atoms with Crippen LogP contribution in [-0.2, 0) is 5.60 Å². The van der Waals surface area contributed by atoms with Gasteiger partial charge in [-0.15, -0.1) is 0 Å². The summed E-state index contributed by atoms with van der Waals surface area (Å²) in [7, 11) is 2.17. The predicted octanol–water partition coefficient (Wildman–Crippen LogP) is 3.77. The van der Waals surface area contributed by atoms with Crippen LogP contribution in [0.4, 0.5) is 0 Å². The van der Waals surface area contributed by atoms with Gasteiger partial charge in [0.1, 0.15) is 0 Å². The molecule has 2 rings (SSSR count). The van der Waals surface area contributed by atoms with Crippen molar-refractivity contribution in [3.63, 3.8) is 0 Å². The third kappa shape index (κ3) is 2.51. The van der Waals surface area contributed by atoms with E-state index in [9.17, 15) is 5.11 Å². The van der Waals surface area contributed by atoms with E-state index in [1.54, 1.807) is 0 Å². The number of nitrogens with zero attached hydrogens (tertiary/aromatic N) is 1. The molecule has 1 saturated heterocycles. The Bertz CT molecular complexity index is 498. The first-order valence-corrected chi connectivity index (χ1v) is 7.52. The quantitative estimate of drug-likeness (QED) is 0.843.